The number of nitrogens with one attached hydrogen (secondary N) is 1. The van der Waals surface area contributed by atoms with Gasteiger partial charge in [-0.1, -0.05) is 25.4 Å². The molecule has 4 rings (SSSR count). The summed E-state index contributed by atoms with van der Waals surface area (Å²) in [6.45, 7) is 5.59. The van der Waals surface area contributed by atoms with Gasteiger partial charge in [0.25, 0.3) is 0 Å². The highest BCUT2D eigenvalue weighted by atomic mass is 35.5. The van der Waals surface area contributed by atoms with Gasteiger partial charge in [0.05, 0.1) is 22.8 Å². The van der Waals surface area contributed by atoms with E-state index in [9.17, 15) is 14.3 Å². The number of H-pyrrole nitrogens is 1. The van der Waals surface area contributed by atoms with E-state index in [1.54, 1.807) is 13.1 Å². The van der Waals surface area contributed by atoms with Gasteiger partial charge in [0.1, 0.15) is 5.82 Å². The van der Waals surface area contributed by atoms with Crippen LogP contribution in [0.25, 0.3) is 10.9 Å². The van der Waals surface area contributed by atoms with Gasteiger partial charge in [-0.2, -0.15) is 5.10 Å². The molecule has 0 radical (unpaired) electrons. The van der Waals surface area contributed by atoms with Crippen molar-refractivity contribution in [2.75, 3.05) is 0 Å². The maximum Gasteiger partial charge on any atom is 0.219 e. The van der Waals surface area contributed by atoms with E-state index in [0.29, 0.717) is 10.9 Å². The first-order chi connectivity index (χ1) is 12.7. The summed E-state index contributed by atoms with van der Waals surface area (Å²) in [5, 5.41) is 18.7. The molecule has 2 aliphatic rings. The lowest BCUT2D eigenvalue weighted by atomic mass is 9.66. The van der Waals surface area contributed by atoms with E-state index >= 15 is 0 Å². The molecule has 2 aromatic rings. The molecule has 0 saturated carbocycles. The molecule has 146 valence electrons. The third-order valence-electron chi connectivity index (χ3n) is 6.79. The normalized spacial score (nSPS) is 26.6. The minimum Gasteiger partial charge on any atom is -0.388 e. The van der Waals surface area contributed by atoms with Crippen molar-refractivity contribution in [3.8, 4) is 0 Å². The second-order valence-electron chi connectivity index (χ2n) is 8.62. The SMILES string of the molecule is CC(=O)N1C2CCC1CC(C(C)(C)C(O)c1c(F)c(Cl)cc3cn[nH]c13)C2. The molecule has 1 amide bonds. The molecular weight excluding hydrogens is 369 g/mol. The third-order valence-corrected chi connectivity index (χ3v) is 7.07. The zero-order valence-electron chi connectivity index (χ0n) is 15.8. The van der Waals surface area contributed by atoms with E-state index in [4.69, 9.17) is 11.6 Å². The molecule has 7 heteroatoms. The molecule has 2 fully saturated rings. The highest BCUT2D eigenvalue weighted by Gasteiger charge is 2.49. The largest absolute Gasteiger partial charge is 0.388 e. The second kappa shape index (κ2) is 6.45. The molecule has 2 saturated heterocycles. The fraction of sp³-hybridized carbons (Fsp3) is 0.600. The number of carbonyl (C=O) groups excluding carboxylic acids is 1. The van der Waals surface area contributed by atoms with Gasteiger partial charge in [0.2, 0.25) is 5.91 Å². The van der Waals surface area contributed by atoms with Gasteiger partial charge in [0, 0.05) is 30.0 Å². The van der Waals surface area contributed by atoms with Gasteiger partial charge in [-0.05, 0) is 43.1 Å². The number of nitrogens with zero attached hydrogens (tertiary/aromatic N) is 2. The lowest BCUT2D eigenvalue weighted by Gasteiger charge is -2.46. The number of carbonyl (C=O) groups is 1. The number of benzene rings is 1. The summed E-state index contributed by atoms with van der Waals surface area (Å²) >= 11 is 6.07. The fourth-order valence-corrected chi connectivity index (χ4v) is 5.43. The van der Waals surface area contributed by atoms with Crippen molar-refractivity contribution in [2.45, 2.75) is 64.6 Å². The number of rotatable bonds is 3. The zero-order chi connectivity index (χ0) is 19.5. The quantitative estimate of drug-likeness (QED) is 0.820. The predicted molar refractivity (Wildman–Crippen MR) is 102 cm³/mol. The first kappa shape index (κ1) is 18.7. The van der Waals surface area contributed by atoms with Crippen LogP contribution in [0.4, 0.5) is 4.39 Å². The Balaban J connectivity index is 1.68. The second-order valence-corrected chi connectivity index (χ2v) is 9.03. The van der Waals surface area contributed by atoms with Crippen molar-refractivity contribution in [2.24, 2.45) is 11.3 Å². The van der Waals surface area contributed by atoms with Crippen molar-refractivity contribution < 1.29 is 14.3 Å². The van der Waals surface area contributed by atoms with Crippen LogP contribution in [-0.2, 0) is 4.79 Å². The molecular formula is C20H25ClFN3O2. The van der Waals surface area contributed by atoms with Crippen molar-refractivity contribution in [1.82, 2.24) is 15.1 Å². The Labute approximate surface area is 162 Å². The molecule has 2 aliphatic heterocycles. The van der Waals surface area contributed by atoms with Crippen LogP contribution >= 0.6 is 11.6 Å². The molecule has 0 aliphatic carbocycles. The number of fused-ring (bicyclic) bond motifs is 3. The Bertz CT molecular complexity index is 883. The Kier molecular flexibility index (Phi) is 4.47. The molecule has 3 unspecified atom stereocenters. The van der Waals surface area contributed by atoms with Crippen LogP contribution in [0.1, 0.15) is 58.1 Å². The van der Waals surface area contributed by atoms with Crippen molar-refractivity contribution in [3.63, 3.8) is 0 Å². The number of halogens is 2. The third kappa shape index (κ3) is 2.85. The van der Waals surface area contributed by atoms with E-state index in [1.165, 1.54) is 6.07 Å². The lowest BCUT2D eigenvalue weighted by molar-refractivity contribution is -0.136. The molecule has 27 heavy (non-hydrogen) atoms. The number of piperidine rings is 1. The van der Waals surface area contributed by atoms with E-state index < -0.39 is 17.3 Å². The monoisotopic (exact) mass is 393 g/mol. The summed E-state index contributed by atoms with van der Waals surface area (Å²) in [5.74, 6) is -0.297. The van der Waals surface area contributed by atoms with Crippen LogP contribution < -0.4 is 0 Å². The minimum atomic E-state index is -1.03. The van der Waals surface area contributed by atoms with Crippen LogP contribution in [0.3, 0.4) is 0 Å². The highest BCUT2D eigenvalue weighted by molar-refractivity contribution is 6.31. The highest BCUT2D eigenvalue weighted by Crippen LogP contribution is 2.51. The van der Waals surface area contributed by atoms with Crippen LogP contribution in [0.5, 0.6) is 0 Å². The van der Waals surface area contributed by atoms with E-state index in [2.05, 4.69) is 10.2 Å². The smallest absolute Gasteiger partial charge is 0.219 e. The van der Waals surface area contributed by atoms with Crippen molar-refractivity contribution >= 4 is 28.4 Å². The van der Waals surface area contributed by atoms with Crippen LogP contribution in [0.15, 0.2) is 12.3 Å². The summed E-state index contributed by atoms with van der Waals surface area (Å²) in [6, 6.07) is 1.95. The van der Waals surface area contributed by atoms with Gasteiger partial charge < -0.3 is 10.0 Å². The zero-order valence-corrected chi connectivity index (χ0v) is 16.6. The molecule has 0 spiro atoms. The van der Waals surface area contributed by atoms with E-state index in [1.807, 2.05) is 18.7 Å². The Hall–Kier alpha value is -1.66. The number of hydrogen-bond donors (Lipinski definition) is 2. The van der Waals surface area contributed by atoms with E-state index in [0.717, 1.165) is 25.7 Å². The lowest BCUT2D eigenvalue weighted by Crippen LogP contribution is -2.49. The average Bonchev–Trinajstić information content (AvgIpc) is 3.17. The molecule has 1 aromatic carbocycles. The maximum atomic E-state index is 14.9. The molecule has 2 N–H and O–H groups in total. The first-order valence-corrected chi connectivity index (χ1v) is 9.87. The standard InChI is InChI=1S/C20H25ClFN3O2/c1-10(26)25-13-4-5-14(25)8-12(7-13)20(2,3)19(27)16-17(22)15(21)6-11-9-23-24-18(11)16/h6,9,12-14,19,27H,4-5,7-8H2,1-3H3,(H,23,24). The number of amides is 1. The Morgan fingerprint density at radius 3 is 2.63 bits per heavy atom. The minimum absolute atomic E-state index is 0.0137. The number of aliphatic hydroxyl groups is 1. The van der Waals surface area contributed by atoms with Gasteiger partial charge >= 0.3 is 0 Å². The Morgan fingerprint density at radius 1 is 1.41 bits per heavy atom. The maximum absolute atomic E-state index is 14.9. The van der Waals surface area contributed by atoms with Gasteiger partial charge in [-0.25, -0.2) is 4.39 Å². The Morgan fingerprint density at radius 2 is 2.04 bits per heavy atom. The van der Waals surface area contributed by atoms with Crippen LogP contribution in [-0.4, -0.2) is 38.2 Å². The van der Waals surface area contributed by atoms with E-state index in [-0.39, 0.29) is 34.5 Å². The summed E-state index contributed by atoms with van der Waals surface area (Å²) in [6.07, 6.45) is 4.21. The van der Waals surface area contributed by atoms with Gasteiger partial charge in [0.15, 0.2) is 0 Å². The predicted octanol–water partition coefficient (Wildman–Crippen LogP) is 4.20. The summed E-state index contributed by atoms with van der Waals surface area (Å²) in [7, 11) is 0. The first-order valence-electron chi connectivity index (χ1n) is 9.49. The molecule has 1 aromatic heterocycles. The fourth-order valence-electron chi connectivity index (χ4n) is 5.21. The molecule has 3 atom stereocenters. The van der Waals surface area contributed by atoms with Gasteiger partial charge in [-0.15, -0.1) is 0 Å². The number of aromatic amines is 1. The summed E-state index contributed by atoms with van der Waals surface area (Å²) in [4.78, 5) is 14.0. The number of aliphatic hydroxyl groups excluding tert-OH is 1. The topological polar surface area (TPSA) is 69.2 Å². The number of aromatic nitrogens is 2. The summed E-state index contributed by atoms with van der Waals surface area (Å²) in [5.41, 5.74) is 0.0933. The molecule has 5 nitrogen and oxygen atoms in total. The van der Waals surface area contributed by atoms with Crippen molar-refractivity contribution in [3.05, 3.63) is 28.7 Å². The average molecular weight is 394 g/mol. The molecule has 2 bridgehead atoms. The molecule has 3 heterocycles. The van der Waals surface area contributed by atoms with Crippen molar-refractivity contribution in [1.29, 1.82) is 0 Å². The van der Waals surface area contributed by atoms with Gasteiger partial charge in [-0.3, -0.25) is 9.89 Å². The van der Waals surface area contributed by atoms with Crippen LogP contribution in [0.2, 0.25) is 5.02 Å². The number of hydrogen-bond acceptors (Lipinski definition) is 3. The van der Waals surface area contributed by atoms with Crippen LogP contribution in [0, 0.1) is 17.2 Å². The summed E-state index contributed by atoms with van der Waals surface area (Å²) < 4.78 is 14.9.